The van der Waals surface area contributed by atoms with Crippen LogP contribution in [0.1, 0.15) is 27.0 Å². The van der Waals surface area contributed by atoms with Crippen LogP contribution in [0.2, 0.25) is 5.02 Å². The molecule has 0 bridgehead atoms. The van der Waals surface area contributed by atoms with Gasteiger partial charge in [-0.1, -0.05) is 23.7 Å². The van der Waals surface area contributed by atoms with E-state index < -0.39 is 0 Å². The van der Waals surface area contributed by atoms with Crippen LogP contribution in [0.5, 0.6) is 0 Å². The second kappa shape index (κ2) is 7.13. The summed E-state index contributed by atoms with van der Waals surface area (Å²) in [6.07, 6.45) is 0. The van der Waals surface area contributed by atoms with E-state index >= 15 is 0 Å². The number of oxazole rings is 1. The summed E-state index contributed by atoms with van der Waals surface area (Å²) in [5.41, 5.74) is 6.77. The molecule has 0 saturated heterocycles. The number of hydrogen-bond acceptors (Lipinski definition) is 3. The molecule has 0 radical (unpaired) electrons. The van der Waals surface area contributed by atoms with Crippen molar-refractivity contribution in [2.45, 2.75) is 20.8 Å². The van der Waals surface area contributed by atoms with Crippen molar-refractivity contribution in [1.29, 1.82) is 0 Å². The SMILES string of the molecule is Cc1ccc(C(=O)Nc2cccc(-c3nc4cc(C)c(C)cc4o3)c2)c(Cl)c1. The number of aryl methyl sites for hydroxylation is 3. The van der Waals surface area contributed by atoms with Crippen LogP contribution < -0.4 is 5.32 Å². The third-order valence-electron chi connectivity index (χ3n) is 4.74. The Kier molecular flexibility index (Phi) is 4.65. The number of hydrogen-bond donors (Lipinski definition) is 1. The van der Waals surface area contributed by atoms with Crippen molar-refractivity contribution in [1.82, 2.24) is 4.98 Å². The van der Waals surface area contributed by atoms with Crippen LogP contribution in [0.25, 0.3) is 22.6 Å². The van der Waals surface area contributed by atoms with E-state index in [1.807, 2.05) is 56.3 Å². The van der Waals surface area contributed by atoms with Gasteiger partial charge in [0.05, 0.1) is 10.6 Å². The van der Waals surface area contributed by atoms with Crippen molar-refractivity contribution in [2.75, 3.05) is 5.32 Å². The fraction of sp³-hybridized carbons (Fsp3) is 0.130. The number of carbonyl (C=O) groups excluding carboxylic acids is 1. The Morgan fingerprint density at radius 1 is 1.00 bits per heavy atom. The number of nitrogens with zero attached hydrogens (tertiary/aromatic N) is 1. The van der Waals surface area contributed by atoms with Crippen LogP contribution in [0.3, 0.4) is 0 Å². The first kappa shape index (κ1) is 18.3. The lowest BCUT2D eigenvalue weighted by atomic mass is 10.1. The molecule has 0 fully saturated rings. The molecule has 140 valence electrons. The first-order valence-electron chi connectivity index (χ1n) is 8.96. The van der Waals surface area contributed by atoms with E-state index in [9.17, 15) is 4.79 Å². The lowest BCUT2D eigenvalue weighted by molar-refractivity contribution is 0.102. The molecule has 4 nitrogen and oxygen atoms in total. The lowest BCUT2D eigenvalue weighted by Crippen LogP contribution is -2.12. The first-order valence-corrected chi connectivity index (χ1v) is 9.34. The normalized spacial score (nSPS) is 11.0. The molecule has 3 aromatic carbocycles. The summed E-state index contributed by atoms with van der Waals surface area (Å²) in [5, 5.41) is 3.32. The minimum atomic E-state index is -0.258. The maximum absolute atomic E-state index is 12.6. The van der Waals surface area contributed by atoms with Crippen molar-refractivity contribution >= 4 is 34.3 Å². The number of carbonyl (C=O) groups is 1. The highest BCUT2D eigenvalue weighted by Gasteiger charge is 2.13. The summed E-state index contributed by atoms with van der Waals surface area (Å²) >= 11 is 6.20. The summed E-state index contributed by atoms with van der Waals surface area (Å²) < 4.78 is 5.92. The second-order valence-electron chi connectivity index (χ2n) is 6.94. The van der Waals surface area contributed by atoms with Gasteiger partial charge in [0.25, 0.3) is 5.91 Å². The van der Waals surface area contributed by atoms with Crippen LogP contribution in [0.15, 0.2) is 59.0 Å². The van der Waals surface area contributed by atoms with Crippen molar-refractivity contribution in [3.8, 4) is 11.5 Å². The molecular weight excluding hydrogens is 372 g/mol. The Labute approximate surface area is 168 Å². The number of rotatable bonds is 3. The fourth-order valence-corrected chi connectivity index (χ4v) is 3.36. The van der Waals surface area contributed by atoms with Crippen molar-refractivity contribution in [3.05, 3.63) is 81.9 Å². The van der Waals surface area contributed by atoms with Crippen LogP contribution in [0, 0.1) is 20.8 Å². The molecule has 4 aromatic rings. The third kappa shape index (κ3) is 3.51. The summed E-state index contributed by atoms with van der Waals surface area (Å²) in [7, 11) is 0. The molecule has 1 aromatic heterocycles. The number of anilines is 1. The Hall–Kier alpha value is -3.11. The monoisotopic (exact) mass is 390 g/mol. The molecule has 0 saturated carbocycles. The zero-order valence-electron chi connectivity index (χ0n) is 15.8. The zero-order chi connectivity index (χ0) is 19.8. The molecule has 5 heteroatoms. The molecular formula is C23H19ClN2O2. The maximum Gasteiger partial charge on any atom is 0.257 e. The van der Waals surface area contributed by atoms with Gasteiger partial charge in [-0.25, -0.2) is 4.98 Å². The number of amides is 1. The van der Waals surface area contributed by atoms with E-state index in [0.29, 0.717) is 22.2 Å². The molecule has 0 aliphatic rings. The fourth-order valence-electron chi connectivity index (χ4n) is 3.04. The largest absolute Gasteiger partial charge is 0.436 e. The molecule has 0 spiro atoms. The number of aromatic nitrogens is 1. The van der Waals surface area contributed by atoms with Gasteiger partial charge in [0.1, 0.15) is 5.52 Å². The number of fused-ring (bicyclic) bond motifs is 1. The maximum atomic E-state index is 12.6. The predicted octanol–water partition coefficient (Wildman–Crippen LogP) is 6.33. The van der Waals surface area contributed by atoms with Gasteiger partial charge in [-0.3, -0.25) is 4.79 Å². The Morgan fingerprint density at radius 2 is 1.79 bits per heavy atom. The summed E-state index contributed by atoms with van der Waals surface area (Å²) in [4.78, 5) is 17.2. The zero-order valence-corrected chi connectivity index (χ0v) is 16.6. The molecule has 4 rings (SSSR count). The van der Waals surface area contributed by atoms with E-state index in [-0.39, 0.29) is 5.91 Å². The topological polar surface area (TPSA) is 55.1 Å². The second-order valence-corrected chi connectivity index (χ2v) is 7.35. The number of benzene rings is 3. The van der Waals surface area contributed by atoms with Crippen molar-refractivity contribution < 1.29 is 9.21 Å². The Balaban J connectivity index is 1.63. The molecule has 28 heavy (non-hydrogen) atoms. The Morgan fingerprint density at radius 3 is 2.57 bits per heavy atom. The standard InChI is InChI=1S/C23H19ClN2O2/c1-13-7-8-18(19(24)9-13)22(27)25-17-6-4-5-16(12-17)23-26-20-10-14(2)15(3)11-21(20)28-23/h4-12H,1-3H3,(H,25,27). The summed E-state index contributed by atoms with van der Waals surface area (Å²) in [6.45, 7) is 6.03. The number of nitrogens with one attached hydrogen (secondary N) is 1. The van der Waals surface area contributed by atoms with E-state index in [4.69, 9.17) is 16.0 Å². The quantitative estimate of drug-likeness (QED) is 0.445. The highest BCUT2D eigenvalue weighted by molar-refractivity contribution is 6.34. The predicted molar refractivity (Wildman–Crippen MR) is 113 cm³/mol. The minimum absolute atomic E-state index is 0.258. The van der Waals surface area contributed by atoms with Gasteiger partial charge < -0.3 is 9.73 Å². The minimum Gasteiger partial charge on any atom is -0.436 e. The molecule has 1 amide bonds. The molecule has 0 aliphatic carbocycles. The average molecular weight is 391 g/mol. The van der Waals surface area contributed by atoms with Crippen LogP contribution in [0.4, 0.5) is 5.69 Å². The van der Waals surface area contributed by atoms with Crippen molar-refractivity contribution in [3.63, 3.8) is 0 Å². The van der Waals surface area contributed by atoms with Gasteiger partial charge in [-0.2, -0.15) is 0 Å². The number of halogens is 1. The van der Waals surface area contributed by atoms with E-state index in [2.05, 4.69) is 17.2 Å². The van der Waals surface area contributed by atoms with Crippen LogP contribution in [-0.4, -0.2) is 10.9 Å². The average Bonchev–Trinajstić information content (AvgIpc) is 3.05. The third-order valence-corrected chi connectivity index (χ3v) is 5.05. The van der Waals surface area contributed by atoms with E-state index in [1.165, 1.54) is 5.56 Å². The smallest absolute Gasteiger partial charge is 0.257 e. The molecule has 0 unspecified atom stereocenters. The van der Waals surface area contributed by atoms with Crippen LogP contribution in [-0.2, 0) is 0 Å². The summed E-state index contributed by atoms with van der Waals surface area (Å²) in [5.74, 6) is 0.260. The van der Waals surface area contributed by atoms with E-state index in [0.717, 1.165) is 27.8 Å². The highest BCUT2D eigenvalue weighted by atomic mass is 35.5. The highest BCUT2D eigenvalue weighted by Crippen LogP contribution is 2.28. The van der Waals surface area contributed by atoms with Crippen LogP contribution >= 0.6 is 11.6 Å². The molecule has 0 aliphatic heterocycles. The van der Waals surface area contributed by atoms with Gasteiger partial charge in [0, 0.05) is 11.3 Å². The van der Waals surface area contributed by atoms with Gasteiger partial charge in [0.15, 0.2) is 5.58 Å². The molecule has 1 N–H and O–H groups in total. The lowest BCUT2D eigenvalue weighted by Gasteiger charge is -2.08. The molecule has 0 atom stereocenters. The molecule has 1 heterocycles. The first-order chi connectivity index (χ1) is 13.4. The van der Waals surface area contributed by atoms with Gasteiger partial charge >= 0.3 is 0 Å². The van der Waals surface area contributed by atoms with Gasteiger partial charge in [0.2, 0.25) is 5.89 Å². The van der Waals surface area contributed by atoms with Gasteiger partial charge in [-0.15, -0.1) is 0 Å². The van der Waals surface area contributed by atoms with Crippen molar-refractivity contribution in [2.24, 2.45) is 0 Å². The van der Waals surface area contributed by atoms with Gasteiger partial charge in [-0.05, 0) is 79.9 Å². The van der Waals surface area contributed by atoms with E-state index in [1.54, 1.807) is 12.1 Å². The Bertz CT molecular complexity index is 1170. The summed E-state index contributed by atoms with van der Waals surface area (Å²) in [6, 6.07) is 16.8.